The maximum atomic E-state index is 5.15. The molecule has 1 aromatic carbocycles. The molecule has 94 valence electrons. The molecule has 0 saturated carbocycles. The predicted molar refractivity (Wildman–Crippen MR) is 71.6 cm³/mol. The summed E-state index contributed by atoms with van der Waals surface area (Å²) in [6.07, 6.45) is 0. The van der Waals surface area contributed by atoms with Crippen LogP contribution in [0.1, 0.15) is 6.92 Å². The lowest BCUT2D eigenvalue weighted by Gasteiger charge is -2.22. The van der Waals surface area contributed by atoms with Crippen LogP contribution in [0.25, 0.3) is 11.4 Å². The van der Waals surface area contributed by atoms with Crippen molar-refractivity contribution in [3.8, 4) is 17.1 Å². The van der Waals surface area contributed by atoms with E-state index in [1.54, 1.807) is 18.9 Å². The number of benzene rings is 1. The van der Waals surface area contributed by atoms with Gasteiger partial charge in [-0.3, -0.25) is 0 Å². The predicted octanol–water partition coefficient (Wildman–Crippen LogP) is 1.99. The lowest BCUT2D eigenvalue weighted by atomic mass is 10.2. The van der Waals surface area contributed by atoms with Gasteiger partial charge >= 0.3 is 0 Å². The normalized spacial score (nSPS) is 18.0. The molecule has 0 spiro atoms. The van der Waals surface area contributed by atoms with Crippen LogP contribution in [0.5, 0.6) is 5.75 Å². The molecule has 0 fully saturated rings. The van der Waals surface area contributed by atoms with Crippen LogP contribution in [0.3, 0.4) is 0 Å². The van der Waals surface area contributed by atoms with Crippen molar-refractivity contribution >= 4 is 11.8 Å². The third kappa shape index (κ3) is 1.92. The van der Waals surface area contributed by atoms with E-state index in [1.165, 1.54) is 0 Å². The van der Waals surface area contributed by atoms with Crippen molar-refractivity contribution in [2.24, 2.45) is 0 Å². The van der Waals surface area contributed by atoms with Crippen LogP contribution < -0.4 is 10.2 Å². The van der Waals surface area contributed by atoms with E-state index in [0.717, 1.165) is 28.0 Å². The van der Waals surface area contributed by atoms with Gasteiger partial charge in [0.05, 0.1) is 7.11 Å². The Bertz CT molecular complexity index is 552. The number of fused-ring (bicyclic) bond motifs is 1. The van der Waals surface area contributed by atoms with E-state index in [-0.39, 0.29) is 0 Å². The molecule has 2 aromatic rings. The zero-order valence-corrected chi connectivity index (χ0v) is 11.1. The third-order valence-electron chi connectivity index (χ3n) is 2.79. The highest BCUT2D eigenvalue weighted by Gasteiger charge is 2.20. The minimum Gasteiger partial charge on any atom is -0.497 e. The van der Waals surface area contributed by atoms with Gasteiger partial charge in [0.25, 0.3) is 0 Å². The minimum atomic E-state index is 0.412. The molecular weight excluding hydrogens is 248 g/mol. The zero-order chi connectivity index (χ0) is 12.5. The quantitative estimate of drug-likeness (QED) is 0.897. The van der Waals surface area contributed by atoms with E-state index in [2.05, 4.69) is 22.5 Å². The van der Waals surface area contributed by atoms with Crippen LogP contribution in [0.15, 0.2) is 29.4 Å². The van der Waals surface area contributed by atoms with Crippen molar-refractivity contribution in [2.45, 2.75) is 18.1 Å². The Morgan fingerprint density at radius 1 is 1.33 bits per heavy atom. The van der Waals surface area contributed by atoms with Crippen molar-refractivity contribution in [3.63, 3.8) is 0 Å². The first kappa shape index (κ1) is 11.4. The third-order valence-corrected chi connectivity index (χ3v) is 3.98. The first-order valence-corrected chi connectivity index (χ1v) is 6.75. The van der Waals surface area contributed by atoms with E-state index in [9.17, 15) is 0 Å². The molecule has 0 bridgehead atoms. The number of ether oxygens (including phenoxy) is 1. The first-order chi connectivity index (χ1) is 8.78. The van der Waals surface area contributed by atoms with Crippen molar-refractivity contribution < 1.29 is 4.74 Å². The fourth-order valence-electron chi connectivity index (χ4n) is 1.86. The SMILES string of the molecule is COc1ccc(-c2nnc3n2NC(C)CS3)cc1. The standard InChI is InChI=1S/C12H14N4OS/c1-8-7-18-12-14-13-11(16(12)15-8)9-3-5-10(17-2)6-4-9/h3-6,8,15H,7H2,1-2H3. The van der Waals surface area contributed by atoms with Gasteiger partial charge in [0.1, 0.15) is 5.75 Å². The number of hydrogen-bond acceptors (Lipinski definition) is 5. The number of thioether (sulfide) groups is 1. The number of methoxy groups -OCH3 is 1. The van der Waals surface area contributed by atoms with Crippen LogP contribution in [0, 0.1) is 0 Å². The summed E-state index contributed by atoms with van der Waals surface area (Å²) < 4.78 is 7.11. The largest absolute Gasteiger partial charge is 0.497 e. The van der Waals surface area contributed by atoms with Gasteiger partial charge in [-0.2, -0.15) is 0 Å². The maximum absolute atomic E-state index is 5.15. The number of hydrogen-bond donors (Lipinski definition) is 1. The van der Waals surface area contributed by atoms with Gasteiger partial charge in [-0.05, 0) is 31.2 Å². The van der Waals surface area contributed by atoms with Gasteiger partial charge in [0.2, 0.25) is 5.16 Å². The molecule has 1 aliphatic rings. The summed E-state index contributed by atoms with van der Waals surface area (Å²) in [6.45, 7) is 2.15. The Kier molecular flexibility index (Phi) is 2.87. The van der Waals surface area contributed by atoms with Crippen LogP contribution in [0.4, 0.5) is 0 Å². The summed E-state index contributed by atoms with van der Waals surface area (Å²) in [5.41, 5.74) is 4.40. The van der Waals surface area contributed by atoms with E-state index < -0.39 is 0 Å². The summed E-state index contributed by atoms with van der Waals surface area (Å²) in [6, 6.07) is 8.24. The fourth-order valence-corrected chi connectivity index (χ4v) is 2.70. The fraction of sp³-hybridized carbons (Fsp3) is 0.333. The summed E-state index contributed by atoms with van der Waals surface area (Å²) in [7, 11) is 1.66. The van der Waals surface area contributed by atoms with E-state index >= 15 is 0 Å². The molecule has 5 nitrogen and oxygen atoms in total. The monoisotopic (exact) mass is 262 g/mol. The molecular formula is C12H14N4OS. The highest BCUT2D eigenvalue weighted by Crippen LogP contribution is 2.27. The molecule has 1 N–H and O–H groups in total. The molecule has 18 heavy (non-hydrogen) atoms. The average molecular weight is 262 g/mol. The van der Waals surface area contributed by atoms with E-state index in [0.29, 0.717) is 6.04 Å². The van der Waals surface area contributed by atoms with Gasteiger partial charge in [-0.15, -0.1) is 10.2 Å². The summed E-state index contributed by atoms with van der Waals surface area (Å²) in [5.74, 6) is 2.69. The van der Waals surface area contributed by atoms with E-state index in [4.69, 9.17) is 4.74 Å². The van der Waals surface area contributed by atoms with Crippen molar-refractivity contribution in [1.82, 2.24) is 14.9 Å². The molecule has 6 heteroatoms. The molecule has 2 heterocycles. The molecule has 0 aliphatic carbocycles. The topological polar surface area (TPSA) is 52.0 Å². The minimum absolute atomic E-state index is 0.412. The van der Waals surface area contributed by atoms with Crippen LogP contribution >= 0.6 is 11.8 Å². The second-order valence-electron chi connectivity index (χ2n) is 4.21. The van der Waals surface area contributed by atoms with Gasteiger partial charge in [-0.25, -0.2) is 4.68 Å². The molecule has 1 aliphatic heterocycles. The number of nitrogens with zero attached hydrogens (tertiary/aromatic N) is 3. The molecule has 1 atom stereocenters. The summed E-state index contributed by atoms with van der Waals surface area (Å²) in [5, 5.41) is 9.35. The Morgan fingerprint density at radius 3 is 2.83 bits per heavy atom. The van der Waals surface area contributed by atoms with Crippen molar-refractivity contribution in [3.05, 3.63) is 24.3 Å². The molecule has 0 radical (unpaired) electrons. The number of aromatic nitrogens is 3. The van der Waals surface area contributed by atoms with Gasteiger partial charge in [0.15, 0.2) is 5.82 Å². The van der Waals surface area contributed by atoms with Gasteiger partial charge < -0.3 is 10.2 Å². The van der Waals surface area contributed by atoms with E-state index in [1.807, 2.05) is 28.9 Å². The molecule has 1 aromatic heterocycles. The molecule has 0 amide bonds. The lowest BCUT2D eigenvalue weighted by Crippen LogP contribution is -2.32. The highest BCUT2D eigenvalue weighted by molar-refractivity contribution is 7.99. The zero-order valence-electron chi connectivity index (χ0n) is 10.3. The lowest BCUT2D eigenvalue weighted by molar-refractivity contribution is 0.415. The molecule has 1 unspecified atom stereocenters. The molecule has 0 saturated heterocycles. The smallest absolute Gasteiger partial charge is 0.210 e. The second kappa shape index (κ2) is 4.53. The Balaban J connectivity index is 1.98. The number of nitrogens with one attached hydrogen (secondary N) is 1. The highest BCUT2D eigenvalue weighted by atomic mass is 32.2. The second-order valence-corrected chi connectivity index (χ2v) is 5.20. The first-order valence-electron chi connectivity index (χ1n) is 5.77. The van der Waals surface area contributed by atoms with Crippen molar-refractivity contribution in [1.29, 1.82) is 0 Å². The average Bonchev–Trinajstić information content (AvgIpc) is 2.82. The van der Waals surface area contributed by atoms with Crippen LogP contribution in [-0.2, 0) is 0 Å². The Hall–Kier alpha value is -1.69. The van der Waals surface area contributed by atoms with Crippen molar-refractivity contribution in [2.75, 3.05) is 18.3 Å². The van der Waals surface area contributed by atoms with Gasteiger partial charge in [-0.1, -0.05) is 11.8 Å². The Morgan fingerprint density at radius 2 is 2.11 bits per heavy atom. The van der Waals surface area contributed by atoms with Crippen LogP contribution in [0.2, 0.25) is 0 Å². The van der Waals surface area contributed by atoms with Crippen LogP contribution in [-0.4, -0.2) is 33.8 Å². The number of rotatable bonds is 2. The summed E-state index contributed by atoms with van der Waals surface area (Å²) >= 11 is 1.72. The summed E-state index contributed by atoms with van der Waals surface area (Å²) in [4.78, 5) is 0. The Labute approximate surface area is 110 Å². The molecule has 3 rings (SSSR count). The maximum Gasteiger partial charge on any atom is 0.210 e. The van der Waals surface area contributed by atoms with Gasteiger partial charge in [0, 0.05) is 17.4 Å².